The first-order valence-electron chi connectivity index (χ1n) is 11.0. The maximum absolute atomic E-state index is 12.9. The van der Waals surface area contributed by atoms with E-state index in [4.69, 9.17) is 5.11 Å². The SMILES string of the molecule is CC(CC(=O)N1CCC(O)(Cn2cnc3c(C#CCO)csc3c2=O)CC1)c1ccccc1. The number of carbonyl (C=O) groups is 1. The van der Waals surface area contributed by atoms with Crippen molar-refractivity contribution < 1.29 is 15.0 Å². The number of amides is 1. The molecule has 33 heavy (non-hydrogen) atoms. The molecule has 7 nitrogen and oxygen atoms in total. The molecule has 0 radical (unpaired) electrons. The van der Waals surface area contributed by atoms with Gasteiger partial charge in [-0.1, -0.05) is 49.1 Å². The molecule has 0 spiro atoms. The van der Waals surface area contributed by atoms with Gasteiger partial charge in [-0.2, -0.15) is 0 Å². The van der Waals surface area contributed by atoms with Gasteiger partial charge in [-0.15, -0.1) is 11.3 Å². The van der Waals surface area contributed by atoms with Crippen LogP contribution < -0.4 is 5.56 Å². The van der Waals surface area contributed by atoms with Gasteiger partial charge in [-0.3, -0.25) is 14.2 Å². The maximum atomic E-state index is 12.9. The molecule has 0 bridgehead atoms. The minimum absolute atomic E-state index is 0.0868. The molecule has 0 saturated carbocycles. The zero-order chi connectivity index (χ0) is 23.4. The molecule has 172 valence electrons. The van der Waals surface area contributed by atoms with E-state index in [0.29, 0.717) is 48.1 Å². The fraction of sp³-hybridized carbons (Fsp3) is 0.400. The second kappa shape index (κ2) is 9.87. The molecule has 2 N–H and O–H groups in total. The second-order valence-electron chi connectivity index (χ2n) is 8.59. The molecule has 1 aliphatic heterocycles. The van der Waals surface area contributed by atoms with E-state index in [1.54, 1.807) is 5.38 Å². The van der Waals surface area contributed by atoms with Crippen molar-refractivity contribution in [3.8, 4) is 11.8 Å². The van der Waals surface area contributed by atoms with Crippen molar-refractivity contribution in [3.63, 3.8) is 0 Å². The number of hydrogen-bond acceptors (Lipinski definition) is 6. The van der Waals surface area contributed by atoms with E-state index < -0.39 is 5.60 Å². The molecule has 2 aromatic heterocycles. The summed E-state index contributed by atoms with van der Waals surface area (Å²) in [6.07, 6.45) is 2.68. The lowest BCUT2D eigenvalue weighted by Crippen LogP contribution is -2.49. The molecule has 1 unspecified atom stereocenters. The molecule has 1 fully saturated rings. The molecule has 4 rings (SSSR count). The summed E-state index contributed by atoms with van der Waals surface area (Å²) in [5.41, 5.74) is 0.981. The van der Waals surface area contributed by atoms with Crippen molar-refractivity contribution >= 4 is 27.5 Å². The summed E-state index contributed by atoms with van der Waals surface area (Å²) in [6, 6.07) is 9.98. The van der Waals surface area contributed by atoms with Gasteiger partial charge in [-0.25, -0.2) is 4.98 Å². The van der Waals surface area contributed by atoms with Crippen molar-refractivity contribution in [2.24, 2.45) is 0 Å². The number of hydrogen-bond donors (Lipinski definition) is 2. The van der Waals surface area contributed by atoms with Gasteiger partial charge in [0.05, 0.1) is 24.0 Å². The van der Waals surface area contributed by atoms with Gasteiger partial charge in [0.15, 0.2) is 0 Å². The Labute approximate surface area is 196 Å². The van der Waals surface area contributed by atoms with Gasteiger partial charge in [0.25, 0.3) is 5.56 Å². The normalized spacial score (nSPS) is 16.3. The molecule has 1 aromatic carbocycles. The first-order chi connectivity index (χ1) is 15.9. The quantitative estimate of drug-likeness (QED) is 0.564. The number of aliphatic hydroxyl groups excluding tert-OH is 1. The highest BCUT2D eigenvalue weighted by Gasteiger charge is 2.35. The number of aromatic nitrogens is 2. The lowest BCUT2D eigenvalue weighted by Gasteiger charge is -2.38. The Morgan fingerprint density at radius 1 is 1.27 bits per heavy atom. The average molecular weight is 466 g/mol. The highest BCUT2D eigenvalue weighted by atomic mass is 32.1. The summed E-state index contributed by atoms with van der Waals surface area (Å²) >= 11 is 1.26. The molecular formula is C25H27N3O4S. The van der Waals surface area contributed by atoms with Crippen LogP contribution in [0.3, 0.4) is 0 Å². The van der Waals surface area contributed by atoms with Crippen LogP contribution in [0.5, 0.6) is 0 Å². The molecule has 1 aliphatic rings. The van der Waals surface area contributed by atoms with Crippen LogP contribution in [0.1, 0.15) is 43.2 Å². The van der Waals surface area contributed by atoms with Crippen molar-refractivity contribution in [2.45, 2.75) is 44.2 Å². The second-order valence-corrected chi connectivity index (χ2v) is 9.47. The number of carbonyl (C=O) groups excluding carboxylic acids is 1. The Morgan fingerprint density at radius 2 is 2.00 bits per heavy atom. The Kier molecular flexibility index (Phi) is 6.94. The fourth-order valence-electron chi connectivity index (χ4n) is 4.22. The number of fused-ring (bicyclic) bond motifs is 1. The first-order valence-corrected chi connectivity index (χ1v) is 11.9. The topological polar surface area (TPSA) is 95.7 Å². The van der Waals surface area contributed by atoms with Crippen molar-refractivity contribution in [2.75, 3.05) is 19.7 Å². The summed E-state index contributed by atoms with van der Waals surface area (Å²) in [4.78, 5) is 31.9. The monoisotopic (exact) mass is 465 g/mol. The molecule has 0 aliphatic carbocycles. The van der Waals surface area contributed by atoms with E-state index in [0.717, 1.165) is 5.56 Å². The zero-order valence-corrected chi connectivity index (χ0v) is 19.3. The van der Waals surface area contributed by atoms with Crippen LogP contribution in [-0.4, -0.2) is 55.9 Å². The van der Waals surface area contributed by atoms with Crippen molar-refractivity contribution in [1.29, 1.82) is 0 Å². The third-order valence-electron chi connectivity index (χ3n) is 6.21. The minimum Gasteiger partial charge on any atom is -0.388 e. The average Bonchev–Trinajstić information content (AvgIpc) is 3.24. The lowest BCUT2D eigenvalue weighted by molar-refractivity contribution is -0.136. The minimum atomic E-state index is -1.07. The van der Waals surface area contributed by atoms with Gasteiger partial charge in [0.2, 0.25) is 5.91 Å². The summed E-state index contributed by atoms with van der Waals surface area (Å²) in [7, 11) is 0. The molecule has 1 saturated heterocycles. The summed E-state index contributed by atoms with van der Waals surface area (Å²) in [6.45, 7) is 2.84. The van der Waals surface area contributed by atoms with E-state index in [2.05, 4.69) is 23.7 Å². The highest BCUT2D eigenvalue weighted by molar-refractivity contribution is 7.17. The fourth-order valence-corrected chi connectivity index (χ4v) is 5.11. The number of rotatable bonds is 5. The predicted molar refractivity (Wildman–Crippen MR) is 128 cm³/mol. The summed E-state index contributed by atoms with van der Waals surface area (Å²) in [5.74, 6) is 5.60. The van der Waals surface area contributed by atoms with Crippen molar-refractivity contribution in [1.82, 2.24) is 14.5 Å². The van der Waals surface area contributed by atoms with Gasteiger partial charge >= 0.3 is 0 Å². The summed E-state index contributed by atoms with van der Waals surface area (Å²) < 4.78 is 1.92. The summed E-state index contributed by atoms with van der Waals surface area (Å²) in [5, 5.41) is 21.8. The third-order valence-corrected chi connectivity index (χ3v) is 7.17. The number of likely N-dealkylation sites (tertiary alicyclic amines) is 1. The molecule has 8 heteroatoms. The standard InChI is InChI=1S/C25H27N3O4S/c1-18(19-6-3-2-4-7-19)14-21(30)27-11-9-25(32,10-12-27)16-28-17-26-22-20(8-5-13-29)15-33-23(22)24(28)31/h2-4,6-7,15,17-18,29,32H,9-14,16H2,1H3. The Bertz CT molecular complexity index is 1250. The highest BCUT2D eigenvalue weighted by Crippen LogP contribution is 2.27. The maximum Gasteiger partial charge on any atom is 0.271 e. The molecule has 1 atom stereocenters. The largest absolute Gasteiger partial charge is 0.388 e. The van der Waals surface area contributed by atoms with E-state index in [1.165, 1.54) is 22.2 Å². The van der Waals surface area contributed by atoms with E-state index in [-0.39, 0.29) is 30.5 Å². The smallest absolute Gasteiger partial charge is 0.271 e. The lowest BCUT2D eigenvalue weighted by atomic mass is 9.90. The van der Waals surface area contributed by atoms with Gasteiger partial charge in [-0.05, 0) is 24.3 Å². The van der Waals surface area contributed by atoms with Crippen LogP contribution in [-0.2, 0) is 11.3 Å². The number of aliphatic hydroxyl groups is 2. The third kappa shape index (κ3) is 5.17. The van der Waals surface area contributed by atoms with E-state index in [9.17, 15) is 14.7 Å². The predicted octanol–water partition coefficient (Wildman–Crippen LogP) is 2.35. The van der Waals surface area contributed by atoms with E-state index >= 15 is 0 Å². The van der Waals surface area contributed by atoms with Crippen LogP contribution in [0, 0.1) is 11.8 Å². The van der Waals surface area contributed by atoms with Crippen molar-refractivity contribution in [3.05, 3.63) is 63.5 Å². The number of thiophene rings is 1. The number of piperidine rings is 1. The van der Waals surface area contributed by atoms with E-state index in [1.807, 2.05) is 35.2 Å². The Hall–Kier alpha value is -2.99. The van der Waals surface area contributed by atoms with Crippen LogP contribution >= 0.6 is 11.3 Å². The first kappa shape index (κ1) is 23.2. The molecule has 3 heterocycles. The van der Waals surface area contributed by atoms with Crippen LogP contribution in [0.15, 0.2) is 46.8 Å². The Morgan fingerprint density at radius 3 is 2.70 bits per heavy atom. The van der Waals surface area contributed by atoms with Crippen LogP contribution in [0.25, 0.3) is 10.2 Å². The van der Waals surface area contributed by atoms with Crippen LogP contribution in [0.2, 0.25) is 0 Å². The van der Waals surface area contributed by atoms with Gasteiger partial charge < -0.3 is 15.1 Å². The van der Waals surface area contributed by atoms with Crippen LogP contribution in [0.4, 0.5) is 0 Å². The zero-order valence-electron chi connectivity index (χ0n) is 18.5. The molecular weight excluding hydrogens is 438 g/mol. The van der Waals surface area contributed by atoms with Gasteiger partial charge in [0.1, 0.15) is 16.8 Å². The molecule has 3 aromatic rings. The Balaban J connectivity index is 1.39. The molecule has 1 amide bonds. The van der Waals surface area contributed by atoms with Gasteiger partial charge in [0, 0.05) is 24.9 Å². The number of benzene rings is 1. The number of nitrogens with zero attached hydrogens (tertiary/aromatic N) is 3.